The molecule has 1 aromatic heterocycles. The topological polar surface area (TPSA) is 70.9 Å². The van der Waals surface area contributed by atoms with Gasteiger partial charge in [-0.15, -0.1) is 5.10 Å². The zero-order valence-electron chi connectivity index (χ0n) is 6.15. The van der Waals surface area contributed by atoms with Crippen LogP contribution in [0.1, 0.15) is 29.5 Å². The fourth-order valence-electron chi connectivity index (χ4n) is 1.13. The molecule has 0 radical (unpaired) electrons. The van der Waals surface area contributed by atoms with Crippen molar-refractivity contribution >= 4 is 18.2 Å². The number of carboxylic acids is 1. The van der Waals surface area contributed by atoms with Crippen molar-refractivity contribution in [1.29, 1.82) is 0 Å². The maximum atomic E-state index is 10.6. The summed E-state index contributed by atoms with van der Waals surface area (Å²) in [5, 5.41) is 14.8. The second-order valence-corrected chi connectivity index (χ2v) is 3.15. The summed E-state index contributed by atoms with van der Waals surface area (Å²) in [6.45, 7) is 0. The predicted octanol–water partition coefficient (Wildman–Crippen LogP) is 0.974. The van der Waals surface area contributed by atoms with Gasteiger partial charge in [0.05, 0.1) is 0 Å². The molecule has 1 aliphatic rings. The highest BCUT2D eigenvalue weighted by Gasteiger charge is 2.29. The van der Waals surface area contributed by atoms with E-state index in [1.807, 2.05) is 0 Å². The molecule has 0 aromatic carbocycles. The summed E-state index contributed by atoms with van der Waals surface area (Å²) in [4.78, 5) is 10.6. The molecule has 2 N–H and O–H groups in total. The summed E-state index contributed by atoms with van der Waals surface area (Å²) in [7, 11) is 0. The molecule has 1 aromatic rings. The molecule has 0 unspecified atom stereocenters. The van der Waals surface area contributed by atoms with Crippen molar-refractivity contribution in [2.45, 2.75) is 18.9 Å². The molecule has 1 aliphatic carbocycles. The molecule has 12 heavy (non-hydrogen) atoms. The number of aromatic amines is 1. The summed E-state index contributed by atoms with van der Waals surface area (Å²) < 4.78 is 1.97. The first-order valence-corrected chi connectivity index (χ1v) is 4.01. The molecular formula is C6H7N3O2S. The smallest absolute Gasteiger partial charge is 0.374 e. The van der Waals surface area contributed by atoms with Gasteiger partial charge in [0.15, 0.2) is 4.77 Å². The van der Waals surface area contributed by atoms with Crippen LogP contribution in [0.15, 0.2) is 0 Å². The number of nitrogens with one attached hydrogen (secondary N) is 1. The highest BCUT2D eigenvalue weighted by atomic mass is 32.1. The SMILES string of the molecule is O=C(O)c1n[nH]c(=S)n1C1CC1. The van der Waals surface area contributed by atoms with Crippen molar-refractivity contribution in [3.05, 3.63) is 10.6 Å². The Hall–Kier alpha value is -1.17. The number of carbonyl (C=O) groups is 1. The van der Waals surface area contributed by atoms with E-state index >= 15 is 0 Å². The molecule has 5 nitrogen and oxygen atoms in total. The van der Waals surface area contributed by atoms with Crippen molar-refractivity contribution in [3.8, 4) is 0 Å². The van der Waals surface area contributed by atoms with Gasteiger partial charge in [-0.3, -0.25) is 9.67 Å². The quantitative estimate of drug-likeness (QED) is 0.673. The van der Waals surface area contributed by atoms with Crippen LogP contribution >= 0.6 is 12.2 Å². The van der Waals surface area contributed by atoms with Gasteiger partial charge in [-0.25, -0.2) is 4.79 Å². The largest absolute Gasteiger partial charge is 0.475 e. The maximum Gasteiger partial charge on any atom is 0.374 e. The fraction of sp³-hybridized carbons (Fsp3) is 0.500. The summed E-state index contributed by atoms with van der Waals surface area (Å²) in [6.07, 6.45) is 1.99. The number of hydrogen-bond acceptors (Lipinski definition) is 3. The van der Waals surface area contributed by atoms with Gasteiger partial charge in [-0.2, -0.15) is 0 Å². The fourth-order valence-corrected chi connectivity index (χ4v) is 1.41. The Morgan fingerprint density at radius 1 is 1.75 bits per heavy atom. The molecule has 1 fully saturated rings. The lowest BCUT2D eigenvalue weighted by molar-refractivity contribution is 0.0677. The van der Waals surface area contributed by atoms with E-state index in [-0.39, 0.29) is 11.9 Å². The van der Waals surface area contributed by atoms with Gasteiger partial charge in [-0.1, -0.05) is 0 Å². The van der Waals surface area contributed by atoms with Crippen LogP contribution in [0, 0.1) is 4.77 Å². The Labute approximate surface area is 73.0 Å². The number of nitrogens with zero attached hydrogens (tertiary/aromatic N) is 2. The average Bonchev–Trinajstić information content (AvgIpc) is 2.75. The molecule has 0 spiro atoms. The lowest BCUT2D eigenvalue weighted by Crippen LogP contribution is -2.08. The van der Waals surface area contributed by atoms with Crippen molar-refractivity contribution in [1.82, 2.24) is 14.8 Å². The number of aromatic carboxylic acids is 1. The number of H-pyrrole nitrogens is 1. The second kappa shape index (κ2) is 2.41. The highest BCUT2D eigenvalue weighted by Crippen LogP contribution is 2.35. The maximum absolute atomic E-state index is 10.6. The van der Waals surface area contributed by atoms with E-state index in [1.165, 1.54) is 0 Å². The van der Waals surface area contributed by atoms with E-state index < -0.39 is 5.97 Å². The van der Waals surface area contributed by atoms with Crippen LogP contribution < -0.4 is 0 Å². The molecule has 1 heterocycles. The van der Waals surface area contributed by atoms with Gasteiger partial charge in [0.2, 0.25) is 5.82 Å². The summed E-state index contributed by atoms with van der Waals surface area (Å²) in [6, 6.07) is 0.252. The molecule has 2 rings (SSSR count). The Morgan fingerprint density at radius 2 is 2.42 bits per heavy atom. The molecule has 0 bridgehead atoms. The van der Waals surface area contributed by atoms with Crippen LogP contribution in [0.25, 0.3) is 0 Å². The third kappa shape index (κ3) is 1.04. The van der Waals surface area contributed by atoms with Crippen molar-refractivity contribution < 1.29 is 9.90 Å². The van der Waals surface area contributed by atoms with Crippen LogP contribution in [0.5, 0.6) is 0 Å². The standard InChI is InChI=1S/C6H7N3O2S/c10-5(11)4-7-8-6(12)9(4)3-1-2-3/h3H,1-2H2,(H,8,12)(H,10,11). The van der Waals surface area contributed by atoms with Gasteiger partial charge < -0.3 is 5.11 Å². The number of rotatable bonds is 2. The van der Waals surface area contributed by atoms with Crippen molar-refractivity contribution in [2.75, 3.05) is 0 Å². The third-order valence-electron chi connectivity index (χ3n) is 1.81. The number of hydrogen-bond donors (Lipinski definition) is 2. The minimum Gasteiger partial charge on any atom is -0.475 e. The van der Waals surface area contributed by atoms with Crippen LogP contribution in [0.4, 0.5) is 0 Å². The van der Waals surface area contributed by atoms with Gasteiger partial charge in [-0.05, 0) is 25.1 Å². The normalized spacial score (nSPS) is 16.3. The van der Waals surface area contributed by atoms with Crippen LogP contribution in [-0.2, 0) is 0 Å². The van der Waals surface area contributed by atoms with Crippen LogP contribution in [0.3, 0.4) is 0 Å². The van der Waals surface area contributed by atoms with Crippen LogP contribution in [0.2, 0.25) is 0 Å². The van der Waals surface area contributed by atoms with E-state index in [9.17, 15) is 4.79 Å². The number of aromatic nitrogens is 3. The Bertz CT molecular complexity index is 376. The molecule has 0 saturated heterocycles. The first-order chi connectivity index (χ1) is 5.70. The predicted molar refractivity (Wildman–Crippen MR) is 42.6 cm³/mol. The molecule has 0 aliphatic heterocycles. The van der Waals surface area contributed by atoms with Gasteiger partial charge in [0.1, 0.15) is 0 Å². The van der Waals surface area contributed by atoms with E-state index in [1.54, 1.807) is 4.57 Å². The van der Waals surface area contributed by atoms with Crippen LogP contribution in [-0.4, -0.2) is 25.8 Å². The molecule has 1 saturated carbocycles. The molecule has 64 valence electrons. The lowest BCUT2D eigenvalue weighted by Gasteiger charge is -1.98. The van der Waals surface area contributed by atoms with Crippen molar-refractivity contribution in [3.63, 3.8) is 0 Å². The van der Waals surface area contributed by atoms with Gasteiger partial charge in [0, 0.05) is 6.04 Å². The minimum absolute atomic E-state index is 0.0162. The monoisotopic (exact) mass is 185 g/mol. The van der Waals surface area contributed by atoms with E-state index in [2.05, 4.69) is 10.2 Å². The Kier molecular flexibility index (Phi) is 1.50. The van der Waals surface area contributed by atoms with E-state index in [0.29, 0.717) is 4.77 Å². The minimum atomic E-state index is -1.03. The lowest BCUT2D eigenvalue weighted by atomic mass is 10.5. The van der Waals surface area contributed by atoms with E-state index in [4.69, 9.17) is 17.3 Å². The average molecular weight is 185 g/mol. The summed E-state index contributed by atoms with van der Waals surface area (Å²) in [5.74, 6) is -1.02. The summed E-state index contributed by atoms with van der Waals surface area (Å²) in [5.41, 5.74) is 0. The Morgan fingerprint density at radius 3 is 2.92 bits per heavy atom. The Balaban J connectivity index is 2.53. The zero-order chi connectivity index (χ0) is 8.72. The molecule has 6 heteroatoms. The van der Waals surface area contributed by atoms with Gasteiger partial charge in [0.25, 0.3) is 0 Å². The summed E-state index contributed by atoms with van der Waals surface area (Å²) >= 11 is 4.89. The number of carboxylic acid groups (broad SMARTS) is 1. The first kappa shape index (κ1) is 7.48. The zero-order valence-corrected chi connectivity index (χ0v) is 6.97. The van der Waals surface area contributed by atoms with Crippen molar-refractivity contribution in [2.24, 2.45) is 0 Å². The third-order valence-corrected chi connectivity index (χ3v) is 2.10. The second-order valence-electron chi connectivity index (χ2n) is 2.76. The highest BCUT2D eigenvalue weighted by molar-refractivity contribution is 7.71. The molecular weight excluding hydrogens is 178 g/mol. The van der Waals surface area contributed by atoms with Gasteiger partial charge >= 0.3 is 5.97 Å². The first-order valence-electron chi connectivity index (χ1n) is 3.60. The molecule has 0 atom stereocenters. The molecule has 0 amide bonds. The van der Waals surface area contributed by atoms with E-state index in [0.717, 1.165) is 12.8 Å².